The molecule has 1 fully saturated rings. The molecule has 0 aliphatic carbocycles. The molecule has 110 valence electrons. The number of likely N-dealkylation sites (tertiary alicyclic amines) is 1. The second kappa shape index (κ2) is 6.92. The van der Waals surface area contributed by atoms with Gasteiger partial charge in [-0.2, -0.15) is 0 Å². The summed E-state index contributed by atoms with van der Waals surface area (Å²) in [6.07, 6.45) is 5.32. The number of piperidine rings is 1. The van der Waals surface area contributed by atoms with Crippen LogP contribution >= 0.6 is 12.4 Å². The van der Waals surface area contributed by atoms with Gasteiger partial charge in [0.25, 0.3) is 0 Å². The van der Waals surface area contributed by atoms with Crippen LogP contribution in [0.5, 0.6) is 0 Å². The molecule has 0 spiro atoms. The van der Waals surface area contributed by atoms with E-state index in [1.54, 1.807) is 6.26 Å². The van der Waals surface area contributed by atoms with Crippen molar-refractivity contribution in [3.8, 4) is 11.5 Å². The third kappa shape index (κ3) is 3.23. The molecule has 1 aliphatic rings. The van der Waals surface area contributed by atoms with Crippen molar-refractivity contribution in [1.82, 2.24) is 10.1 Å². The number of nitrogens with zero attached hydrogens (tertiary/aromatic N) is 2. The van der Waals surface area contributed by atoms with Crippen molar-refractivity contribution in [2.24, 2.45) is 5.73 Å². The molecule has 1 aliphatic heterocycles. The first kappa shape index (κ1) is 15.1. The number of aromatic nitrogens is 1. The average Bonchev–Trinajstić information content (AvgIpc) is 3.09. The number of hydrogen-bond donors (Lipinski definition) is 1. The van der Waals surface area contributed by atoms with E-state index in [0.717, 1.165) is 18.8 Å². The molecule has 1 saturated heterocycles. The number of nitrogens with two attached hydrogens (primary N) is 1. The number of rotatable bonds is 4. The monoisotopic (exact) mass is 297 g/mol. The van der Waals surface area contributed by atoms with Gasteiger partial charge >= 0.3 is 0 Å². The molecule has 5 nitrogen and oxygen atoms in total. The van der Waals surface area contributed by atoms with Gasteiger partial charge in [-0.15, -0.1) is 12.4 Å². The Labute approximate surface area is 124 Å². The fraction of sp³-hybridized carbons (Fsp3) is 0.500. The lowest BCUT2D eigenvalue weighted by Crippen LogP contribution is -2.43. The van der Waals surface area contributed by atoms with Crippen LogP contribution in [0.2, 0.25) is 0 Å². The Morgan fingerprint density at radius 1 is 1.35 bits per heavy atom. The van der Waals surface area contributed by atoms with E-state index in [1.165, 1.54) is 19.3 Å². The Balaban J connectivity index is 0.00000147. The normalized spacial score (nSPS) is 19.8. The number of hydrogen-bond acceptors (Lipinski definition) is 5. The van der Waals surface area contributed by atoms with Crippen molar-refractivity contribution >= 4 is 12.4 Å². The molecule has 1 atom stereocenters. The molecular formula is C14H20ClN3O2. The first-order valence-electron chi connectivity index (χ1n) is 6.80. The predicted molar refractivity (Wildman–Crippen MR) is 78.6 cm³/mol. The van der Waals surface area contributed by atoms with Crippen LogP contribution < -0.4 is 5.73 Å². The maximum absolute atomic E-state index is 5.83. The van der Waals surface area contributed by atoms with Crippen LogP contribution in [0.3, 0.4) is 0 Å². The van der Waals surface area contributed by atoms with Gasteiger partial charge in [0.2, 0.25) is 5.76 Å². The Morgan fingerprint density at radius 2 is 2.25 bits per heavy atom. The lowest BCUT2D eigenvalue weighted by Gasteiger charge is -2.34. The second-order valence-electron chi connectivity index (χ2n) is 5.02. The quantitative estimate of drug-likeness (QED) is 0.939. The van der Waals surface area contributed by atoms with Gasteiger partial charge in [-0.25, -0.2) is 0 Å². The SMILES string of the molecule is Cl.NCC1CCCCN1Cc1cc(-c2ccco2)on1. The number of halogens is 1. The molecular weight excluding hydrogens is 278 g/mol. The van der Waals surface area contributed by atoms with E-state index >= 15 is 0 Å². The van der Waals surface area contributed by atoms with Crippen LogP contribution in [0.1, 0.15) is 25.0 Å². The zero-order chi connectivity index (χ0) is 13.1. The molecule has 2 N–H and O–H groups in total. The maximum Gasteiger partial charge on any atom is 0.202 e. The van der Waals surface area contributed by atoms with E-state index in [4.69, 9.17) is 14.7 Å². The number of furan rings is 1. The van der Waals surface area contributed by atoms with Crippen molar-refractivity contribution in [2.75, 3.05) is 13.1 Å². The molecule has 0 bridgehead atoms. The van der Waals surface area contributed by atoms with Crippen molar-refractivity contribution in [1.29, 1.82) is 0 Å². The Bertz CT molecular complexity index is 512. The minimum absolute atomic E-state index is 0. The summed E-state index contributed by atoms with van der Waals surface area (Å²) in [4.78, 5) is 2.40. The van der Waals surface area contributed by atoms with Crippen LogP contribution in [0, 0.1) is 0 Å². The van der Waals surface area contributed by atoms with Gasteiger partial charge in [0.05, 0.1) is 12.0 Å². The van der Waals surface area contributed by atoms with Gasteiger partial charge in [-0.3, -0.25) is 4.90 Å². The highest BCUT2D eigenvalue weighted by atomic mass is 35.5. The first-order valence-corrected chi connectivity index (χ1v) is 6.80. The summed E-state index contributed by atoms with van der Waals surface area (Å²) in [5.74, 6) is 1.40. The highest BCUT2D eigenvalue weighted by molar-refractivity contribution is 5.85. The Hall–Kier alpha value is -1.30. The summed E-state index contributed by atoms with van der Waals surface area (Å²) in [5.41, 5.74) is 6.77. The van der Waals surface area contributed by atoms with Crippen LogP contribution in [0.4, 0.5) is 0 Å². The van der Waals surface area contributed by atoms with Crippen LogP contribution in [-0.4, -0.2) is 29.2 Å². The van der Waals surface area contributed by atoms with Gasteiger partial charge in [-0.1, -0.05) is 11.6 Å². The van der Waals surface area contributed by atoms with Gasteiger partial charge in [0.15, 0.2) is 5.76 Å². The zero-order valence-corrected chi connectivity index (χ0v) is 12.1. The zero-order valence-electron chi connectivity index (χ0n) is 11.3. The summed E-state index contributed by atoms with van der Waals surface area (Å²) < 4.78 is 10.6. The smallest absolute Gasteiger partial charge is 0.202 e. The molecule has 0 saturated carbocycles. The fourth-order valence-electron chi connectivity index (χ4n) is 2.66. The fourth-order valence-corrected chi connectivity index (χ4v) is 2.66. The molecule has 1 unspecified atom stereocenters. The summed E-state index contributed by atoms with van der Waals surface area (Å²) >= 11 is 0. The molecule has 0 radical (unpaired) electrons. The molecule has 2 aromatic heterocycles. The lowest BCUT2D eigenvalue weighted by atomic mass is 10.0. The van der Waals surface area contributed by atoms with Crippen molar-refractivity contribution in [2.45, 2.75) is 31.8 Å². The highest BCUT2D eigenvalue weighted by Gasteiger charge is 2.22. The van der Waals surface area contributed by atoms with Gasteiger partial charge in [0, 0.05) is 25.2 Å². The second-order valence-corrected chi connectivity index (χ2v) is 5.02. The summed E-state index contributed by atoms with van der Waals surface area (Å²) in [6, 6.07) is 6.12. The lowest BCUT2D eigenvalue weighted by molar-refractivity contribution is 0.141. The molecule has 2 aromatic rings. The molecule has 0 amide bonds. The van der Waals surface area contributed by atoms with E-state index in [1.807, 2.05) is 18.2 Å². The maximum atomic E-state index is 5.83. The topological polar surface area (TPSA) is 68.4 Å². The van der Waals surface area contributed by atoms with Gasteiger partial charge in [-0.05, 0) is 31.5 Å². The minimum atomic E-state index is 0. The van der Waals surface area contributed by atoms with E-state index in [0.29, 0.717) is 24.1 Å². The molecule has 3 heterocycles. The van der Waals surface area contributed by atoms with Crippen LogP contribution in [-0.2, 0) is 6.54 Å². The largest absolute Gasteiger partial charge is 0.461 e. The average molecular weight is 298 g/mol. The summed E-state index contributed by atoms with van der Waals surface area (Å²) in [7, 11) is 0. The third-order valence-electron chi connectivity index (χ3n) is 3.71. The van der Waals surface area contributed by atoms with Crippen LogP contribution in [0.25, 0.3) is 11.5 Å². The molecule has 3 rings (SSSR count). The van der Waals surface area contributed by atoms with E-state index in [2.05, 4.69) is 10.1 Å². The van der Waals surface area contributed by atoms with Gasteiger partial charge < -0.3 is 14.7 Å². The van der Waals surface area contributed by atoms with Crippen molar-refractivity contribution in [3.63, 3.8) is 0 Å². The third-order valence-corrected chi connectivity index (χ3v) is 3.71. The molecule has 0 aromatic carbocycles. The van der Waals surface area contributed by atoms with Crippen molar-refractivity contribution < 1.29 is 8.94 Å². The minimum Gasteiger partial charge on any atom is -0.461 e. The van der Waals surface area contributed by atoms with E-state index in [9.17, 15) is 0 Å². The Morgan fingerprint density at radius 3 is 3.00 bits per heavy atom. The highest BCUT2D eigenvalue weighted by Crippen LogP contribution is 2.23. The molecule has 20 heavy (non-hydrogen) atoms. The van der Waals surface area contributed by atoms with E-state index in [-0.39, 0.29) is 12.4 Å². The van der Waals surface area contributed by atoms with Gasteiger partial charge in [0.1, 0.15) is 0 Å². The molecule has 6 heteroatoms. The summed E-state index contributed by atoms with van der Waals surface area (Å²) in [5, 5.41) is 4.12. The standard InChI is InChI=1S/C14H19N3O2.ClH/c15-9-12-4-1-2-6-17(12)10-11-8-14(19-16-11)13-5-3-7-18-13;/h3,5,7-8,12H,1-2,4,6,9-10,15H2;1H. The Kier molecular flexibility index (Phi) is 5.23. The van der Waals surface area contributed by atoms with Crippen molar-refractivity contribution in [3.05, 3.63) is 30.2 Å². The predicted octanol–water partition coefficient (Wildman–Crippen LogP) is 2.67. The van der Waals surface area contributed by atoms with Crippen LogP contribution in [0.15, 0.2) is 33.4 Å². The first-order chi connectivity index (χ1) is 9.36. The van der Waals surface area contributed by atoms with E-state index < -0.39 is 0 Å². The summed E-state index contributed by atoms with van der Waals surface area (Å²) in [6.45, 7) is 2.60.